The molecule has 0 spiro atoms. The number of hydrogen-bond donors (Lipinski definition) is 9. The van der Waals surface area contributed by atoms with Gasteiger partial charge in [0.1, 0.15) is 58.9 Å². The molecule has 0 radical (unpaired) electrons. The molecule has 0 aliphatic heterocycles. The monoisotopic (exact) mass is 969 g/mol. The topological polar surface area (TPSA) is 352 Å². The molecule has 0 fully saturated rings. The van der Waals surface area contributed by atoms with E-state index < -0.39 is 52.8 Å². The van der Waals surface area contributed by atoms with Crippen LogP contribution in [0.2, 0.25) is 0 Å². The van der Waals surface area contributed by atoms with E-state index in [1.165, 1.54) is 24.3 Å². The Morgan fingerprint density at radius 3 is 1.80 bits per heavy atom. The molecule has 10 N–H and O–H groups in total. The van der Waals surface area contributed by atoms with Crippen molar-refractivity contribution >= 4 is 95.6 Å². The molecule has 0 aliphatic rings. The molecule has 0 saturated heterocycles. The Kier molecular flexibility index (Phi) is 16.9. The number of azo groups is 3. The van der Waals surface area contributed by atoms with E-state index in [1.807, 2.05) is 12.1 Å². The number of aromatic hydroxyl groups is 1. The number of aliphatic hydroxyl groups excluding tert-OH is 4. The Bertz CT molecular complexity index is 2930. The first kappa shape index (κ1) is 49.5. The first-order chi connectivity index (χ1) is 31.6. The fraction of sp³-hybridized carbons (Fsp3) is 0.200. The highest BCUT2D eigenvalue weighted by Gasteiger charge is 2.21. The van der Waals surface area contributed by atoms with Crippen LogP contribution < -0.4 is 15.2 Å². The number of anilines is 1. The van der Waals surface area contributed by atoms with Gasteiger partial charge in [0.15, 0.2) is 5.75 Å². The van der Waals surface area contributed by atoms with E-state index in [4.69, 9.17) is 25.7 Å². The van der Waals surface area contributed by atoms with Crippen LogP contribution in [0.1, 0.15) is 11.1 Å². The van der Waals surface area contributed by atoms with Crippen LogP contribution in [0.15, 0.2) is 124 Å². The second-order valence-electron chi connectivity index (χ2n) is 13.9. The molecule has 66 heavy (non-hydrogen) atoms. The molecule has 348 valence electrons. The molecule has 0 amide bonds. The van der Waals surface area contributed by atoms with Gasteiger partial charge in [0.05, 0.1) is 64.9 Å². The van der Waals surface area contributed by atoms with Crippen LogP contribution in [0.3, 0.4) is 0 Å². The van der Waals surface area contributed by atoms with Crippen molar-refractivity contribution < 1.29 is 77.2 Å². The lowest BCUT2D eigenvalue weighted by Crippen LogP contribution is -2.21. The SMILES string of the molecule is Cc1cc(N=Nc2cc(OCC(O)CO)c(N=Nc3c(SOOO)cc4cc(S(=O)(=O)O)c(N)cc4c3O)cc2C)c(OCC(O)CO)cc1N=Nc1ccc2ccc(SOOO)cc2c1. The number of hydrogen-bond acceptors (Lipinski definition) is 24. The smallest absolute Gasteiger partial charge is 0.296 e. The summed E-state index contributed by atoms with van der Waals surface area (Å²) in [7, 11) is -4.76. The molecular weight excluding hydrogens is 931 g/mol. The van der Waals surface area contributed by atoms with E-state index in [2.05, 4.69) is 49.4 Å². The van der Waals surface area contributed by atoms with Crippen LogP contribution >= 0.6 is 24.1 Å². The lowest BCUT2D eigenvalue weighted by Gasteiger charge is -2.14. The predicted molar refractivity (Wildman–Crippen MR) is 237 cm³/mol. The van der Waals surface area contributed by atoms with Gasteiger partial charge in [-0.05, 0) is 95.7 Å². The first-order valence-electron chi connectivity index (χ1n) is 18.9. The molecule has 2 unspecified atom stereocenters. The van der Waals surface area contributed by atoms with Crippen molar-refractivity contribution in [2.45, 2.75) is 40.7 Å². The molecular formula is C40H39N7O16S3. The van der Waals surface area contributed by atoms with Crippen molar-refractivity contribution in [3.8, 4) is 17.2 Å². The van der Waals surface area contributed by atoms with Gasteiger partial charge in [0, 0.05) is 22.4 Å². The largest absolute Gasteiger partial charge is 0.505 e. The van der Waals surface area contributed by atoms with Gasteiger partial charge in [-0.15, -0.1) is 24.0 Å². The molecule has 6 aromatic carbocycles. The van der Waals surface area contributed by atoms with E-state index in [0.29, 0.717) is 39.4 Å². The number of nitrogens with zero attached hydrogens (tertiary/aromatic N) is 6. The van der Waals surface area contributed by atoms with Crippen molar-refractivity contribution in [3.63, 3.8) is 0 Å². The summed E-state index contributed by atoms with van der Waals surface area (Å²) in [6.45, 7) is 1.47. The lowest BCUT2D eigenvalue weighted by atomic mass is 10.1. The Labute approximate surface area is 382 Å². The van der Waals surface area contributed by atoms with Crippen LogP contribution in [0, 0.1) is 13.8 Å². The number of fused-ring (bicyclic) bond motifs is 2. The highest BCUT2D eigenvalue weighted by Crippen LogP contribution is 2.47. The van der Waals surface area contributed by atoms with Crippen LogP contribution in [-0.4, -0.2) is 87.7 Å². The summed E-state index contributed by atoms with van der Waals surface area (Å²) in [6, 6.07) is 20.3. The van der Waals surface area contributed by atoms with Crippen molar-refractivity contribution in [1.29, 1.82) is 0 Å². The minimum Gasteiger partial charge on any atom is -0.505 e. The molecule has 26 heteroatoms. The van der Waals surface area contributed by atoms with Gasteiger partial charge < -0.3 is 40.7 Å². The zero-order chi connectivity index (χ0) is 47.5. The standard InChI is InChI=1S/C40H39N7O16S3/c1-20-7-33(35(58-18-26(50)16-48)14-31(20)43-42-25-5-3-22-4-6-28(64-62-60-53)10-23(22)9-25)45-44-32-15-36(59-19-27(51)17-49)34(8-21(32)2)46-47-39-37(65-63-61-54)11-24-12-38(66(55,56)57)30(41)13-29(24)40(39)52/h3-15,26-27,48-54H,16-19,41H2,1-2H3,(H,55,56,57). The lowest BCUT2D eigenvalue weighted by molar-refractivity contribution is -0.432. The van der Waals surface area contributed by atoms with E-state index in [0.717, 1.165) is 34.9 Å². The van der Waals surface area contributed by atoms with Gasteiger partial charge in [-0.2, -0.15) is 23.8 Å². The molecule has 0 bridgehead atoms. The van der Waals surface area contributed by atoms with Crippen LogP contribution in [-0.2, 0) is 28.9 Å². The number of phenols is 1. The van der Waals surface area contributed by atoms with Gasteiger partial charge in [0.2, 0.25) is 0 Å². The maximum Gasteiger partial charge on any atom is 0.296 e. The quantitative estimate of drug-likeness (QED) is 0.00812. The number of benzene rings is 6. The minimum absolute atomic E-state index is 0.0000421. The van der Waals surface area contributed by atoms with Crippen molar-refractivity contribution in [1.82, 2.24) is 0 Å². The molecule has 0 saturated carbocycles. The summed E-state index contributed by atoms with van der Waals surface area (Å²) in [6.07, 6.45) is -2.54. The summed E-state index contributed by atoms with van der Waals surface area (Å²) in [5, 5.41) is 103. The fourth-order valence-corrected chi connectivity index (χ4v) is 7.47. The second-order valence-corrected chi connectivity index (χ2v) is 16.8. The van der Waals surface area contributed by atoms with Crippen LogP contribution in [0.4, 0.5) is 39.8 Å². The maximum absolute atomic E-state index is 11.9. The van der Waals surface area contributed by atoms with Gasteiger partial charge in [-0.3, -0.25) is 4.55 Å². The maximum atomic E-state index is 11.9. The summed E-state index contributed by atoms with van der Waals surface area (Å²) in [5.41, 5.74) is 7.60. The number of ether oxygens (including phenoxy) is 2. The number of rotatable bonds is 21. The second kappa shape index (κ2) is 22.5. The molecule has 2 atom stereocenters. The predicted octanol–water partition coefficient (Wildman–Crippen LogP) is 8.71. The van der Waals surface area contributed by atoms with E-state index >= 15 is 0 Å². The third-order valence-electron chi connectivity index (χ3n) is 9.20. The highest BCUT2D eigenvalue weighted by atomic mass is 32.2. The van der Waals surface area contributed by atoms with E-state index in [1.54, 1.807) is 44.2 Å². The van der Waals surface area contributed by atoms with Gasteiger partial charge in [-0.25, -0.2) is 10.5 Å². The fourth-order valence-electron chi connectivity index (χ4n) is 5.93. The molecule has 6 aromatic rings. The summed E-state index contributed by atoms with van der Waals surface area (Å²) < 4.78 is 54.2. The van der Waals surface area contributed by atoms with E-state index in [-0.39, 0.29) is 62.2 Å². The highest BCUT2D eigenvalue weighted by molar-refractivity contribution is 7.95. The molecule has 0 aliphatic carbocycles. The third kappa shape index (κ3) is 12.5. The average molecular weight is 970 g/mol. The van der Waals surface area contributed by atoms with Gasteiger partial charge in [0.25, 0.3) is 10.1 Å². The summed E-state index contributed by atoms with van der Waals surface area (Å²) in [4.78, 5) is -0.0289. The number of aliphatic hydroxyl groups is 4. The Morgan fingerprint density at radius 2 is 1.21 bits per heavy atom. The molecule has 0 heterocycles. The normalized spacial score (nSPS) is 13.2. The zero-order valence-corrected chi connectivity index (χ0v) is 36.8. The summed E-state index contributed by atoms with van der Waals surface area (Å²) in [5.74, 6) is -0.466. The summed E-state index contributed by atoms with van der Waals surface area (Å²) >= 11 is 1.18. The number of phenolic OH excluding ortho intramolecular Hbond substituents is 1. The van der Waals surface area contributed by atoms with Crippen molar-refractivity contribution in [2.24, 2.45) is 30.7 Å². The number of nitrogens with two attached hydrogens (primary N) is 1. The molecule has 23 nitrogen and oxygen atoms in total. The number of nitrogen functional groups attached to an aromatic ring is 1. The minimum atomic E-state index is -4.76. The Balaban J connectivity index is 1.36. The molecule has 0 aromatic heterocycles. The van der Waals surface area contributed by atoms with Gasteiger partial charge in [-0.1, -0.05) is 22.2 Å². The third-order valence-corrected chi connectivity index (χ3v) is 11.3. The van der Waals surface area contributed by atoms with Crippen molar-refractivity contribution in [3.05, 3.63) is 90.0 Å². The van der Waals surface area contributed by atoms with Crippen molar-refractivity contribution in [2.75, 3.05) is 32.2 Å². The molecule has 6 rings (SSSR count). The average Bonchev–Trinajstić information content (AvgIpc) is 3.30. The Morgan fingerprint density at radius 1 is 0.652 bits per heavy atom. The zero-order valence-electron chi connectivity index (χ0n) is 34.3. The Hall–Kier alpha value is -5.95. The van der Waals surface area contributed by atoms with E-state index in [9.17, 15) is 38.5 Å². The van der Waals surface area contributed by atoms with Crippen LogP contribution in [0.25, 0.3) is 21.5 Å². The van der Waals surface area contributed by atoms with Gasteiger partial charge >= 0.3 is 0 Å². The number of aryl methyl sites for hydroxylation is 2. The van der Waals surface area contributed by atoms with Crippen LogP contribution in [0.5, 0.6) is 17.2 Å². The first-order valence-corrected chi connectivity index (χ1v) is 21.8.